The molecule has 0 bridgehead atoms. The molecule has 44 heavy (non-hydrogen) atoms. The summed E-state index contributed by atoms with van der Waals surface area (Å²) in [4.78, 5) is 35.0. The fourth-order valence-electron chi connectivity index (χ4n) is 6.00. The van der Waals surface area contributed by atoms with Gasteiger partial charge in [0, 0.05) is 30.1 Å². The van der Waals surface area contributed by atoms with Gasteiger partial charge in [0.25, 0.3) is 5.69 Å². The number of halogens is 1. The normalized spacial score (nSPS) is 16.7. The molecular formula is C31H38ClN6O5P. The lowest BCUT2D eigenvalue weighted by atomic mass is 9.57. The number of nitro groups is 1. The van der Waals surface area contributed by atoms with Gasteiger partial charge in [-0.3, -0.25) is 14.9 Å². The van der Waals surface area contributed by atoms with E-state index in [4.69, 9.17) is 16.3 Å². The van der Waals surface area contributed by atoms with Crippen LogP contribution in [0.4, 0.5) is 34.5 Å². The monoisotopic (exact) mass is 640 g/mol. The summed E-state index contributed by atoms with van der Waals surface area (Å²) in [6, 6.07) is 12.2. The van der Waals surface area contributed by atoms with E-state index in [-0.39, 0.29) is 38.9 Å². The van der Waals surface area contributed by atoms with Gasteiger partial charge in [-0.15, -0.1) is 0 Å². The van der Waals surface area contributed by atoms with Crippen LogP contribution in [0.1, 0.15) is 46.5 Å². The molecule has 5 rings (SSSR count). The average molecular weight is 641 g/mol. The molecule has 2 N–H and O–H groups in total. The first-order valence-corrected chi connectivity index (χ1v) is 17.6. The zero-order chi connectivity index (χ0) is 31.9. The molecule has 1 spiro atoms. The number of benzene rings is 2. The van der Waals surface area contributed by atoms with Gasteiger partial charge in [-0.2, -0.15) is 4.98 Å². The van der Waals surface area contributed by atoms with E-state index in [1.165, 1.54) is 12.3 Å². The maximum atomic E-state index is 12.8. The fraction of sp³-hybridized carbons (Fsp3) is 0.452. The number of nitro benzene ring substituents is 1. The summed E-state index contributed by atoms with van der Waals surface area (Å²) in [5, 5.41) is 19.3. The van der Waals surface area contributed by atoms with Crippen LogP contribution in [0.25, 0.3) is 0 Å². The van der Waals surface area contributed by atoms with Gasteiger partial charge in [-0.25, -0.2) is 4.98 Å². The zero-order valence-corrected chi connectivity index (χ0v) is 27.2. The molecule has 1 saturated heterocycles. The Kier molecular flexibility index (Phi) is 8.66. The Hall–Kier alpha value is -3.69. The molecule has 13 heteroatoms. The molecule has 2 aromatic carbocycles. The molecule has 0 unspecified atom stereocenters. The van der Waals surface area contributed by atoms with Gasteiger partial charge in [0.1, 0.15) is 23.5 Å². The molecule has 0 atom stereocenters. The summed E-state index contributed by atoms with van der Waals surface area (Å²) in [5.41, 5.74) is 1.21. The molecule has 0 radical (unpaired) electrons. The number of nitrogens with one attached hydrogen (secondary N) is 2. The van der Waals surface area contributed by atoms with E-state index in [1.54, 1.807) is 37.6 Å². The molecule has 1 aromatic heterocycles. The Morgan fingerprint density at radius 3 is 2.45 bits per heavy atom. The van der Waals surface area contributed by atoms with Gasteiger partial charge in [0.15, 0.2) is 5.82 Å². The maximum absolute atomic E-state index is 12.8. The molecule has 2 aliphatic rings. The maximum Gasteiger partial charge on any atom is 0.309 e. The molecular weight excluding hydrogens is 603 g/mol. The van der Waals surface area contributed by atoms with Crippen molar-refractivity contribution >= 4 is 64.5 Å². The number of rotatable bonds is 8. The lowest BCUT2D eigenvalue weighted by Crippen LogP contribution is -2.50. The van der Waals surface area contributed by atoms with Crippen LogP contribution in [0.2, 0.25) is 5.02 Å². The van der Waals surface area contributed by atoms with Crippen LogP contribution < -0.4 is 20.8 Å². The van der Waals surface area contributed by atoms with Gasteiger partial charge in [0.2, 0.25) is 5.95 Å². The fourth-order valence-corrected chi connectivity index (χ4v) is 7.30. The molecule has 1 saturated carbocycles. The Balaban J connectivity index is 1.27. The molecule has 2 heterocycles. The summed E-state index contributed by atoms with van der Waals surface area (Å²) < 4.78 is 18.3. The van der Waals surface area contributed by atoms with Crippen molar-refractivity contribution in [2.75, 3.05) is 42.0 Å². The summed E-state index contributed by atoms with van der Waals surface area (Å²) in [6.07, 6.45) is 4.78. The average Bonchev–Trinajstić information content (AvgIpc) is 2.92. The number of piperidine rings is 1. The number of hydrogen-bond donors (Lipinski definition) is 2. The minimum Gasteiger partial charge on any atom is -0.460 e. The topological polar surface area (TPSA) is 140 Å². The molecule has 0 amide bonds. The van der Waals surface area contributed by atoms with Crippen molar-refractivity contribution in [3.63, 3.8) is 0 Å². The minimum absolute atomic E-state index is 0.0194. The van der Waals surface area contributed by atoms with Crippen LogP contribution in [0.3, 0.4) is 0 Å². The van der Waals surface area contributed by atoms with Crippen molar-refractivity contribution in [1.82, 2.24) is 9.97 Å². The number of anilines is 5. The van der Waals surface area contributed by atoms with E-state index in [9.17, 15) is 19.5 Å². The molecule has 234 valence electrons. The van der Waals surface area contributed by atoms with Crippen LogP contribution >= 0.6 is 18.7 Å². The number of carbonyl (C=O) groups is 1. The number of ether oxygens (including phenoxy) is 1. The highest BCUT2D eigenvalue weighted by molar-refractivity contribution is 7.70. The largest absolute Gasteiger partial charge is 0.460 e. The van der Waals surface area contributed by atoms with E-state index in [0.717, 1.165) is 25.7 Å². The zero-order valence-electron chi connectivity index (χ0n) is 25.6. The van der Waals surface area contributed by atoms with Crippen molar-refractivity contribution in [2.24, 2.45) is 11.3 Å². The number of aromatic nitrogens is 2. The molecule has 1 aliphatic heterocycles. The van der Waals surface area contributed by atoms with Gasteiger partial charge < -0.3 is 24.8 Å². The summed E-state index contributed by atoms with van der Waals surface area (Å²) in [5.74, 6) is 0.302. The van der Waals surface area contributed by atoms with Gasteiger partial charge in [0.05, 0.1) is 22.7 Å². The van der Waals surface area contributed by atoms with E-state index in [1.807, 2.05) is 37.8 Å². The second-order valence-electron chi connectivity index (χ2n) is 13.1. The first-order valence-electron chi connectivity index (χ1n) is 14.6. The highest BCUT2D eigenvalue weighted by Crippen LogP contribution is 2.54. The van der Waals surface area contributed by atoms with Crippen molar-refractivity contribution in [3.8, 4) is 0 Å². The van der Waals surface area contributed by atoms with Crippen LogP contribution in [0, 0.1) is 21.4 Å². The predicted octanol–water partition coefficient (Wildman–Crippen LogP) is 7.11. The van der Waals surface area contributed by atoms with Crippen molar-refractivity contribution in [3.05, 3.63) is 63.8 Å². The SMILES string of the molecule is CC(C)(C)OC(=O)C1CC2(CCN(c3ccc(Nc4ncc(Cl)c(Nc5ccccc5P(C)(C)=O)n4)cc3[N+](=O)[O-])CC2)C1. The second-order valence-corrected chi connectivity index (χ2v) is 16.7. The van der Waals surface area contributed by atoms with Crippen LogP contribution in [0.5, 0.6) is 0 Å². The number of hydrogen-bond acceptors (Lipinski definition) is 10. The number of carbonyl (C=O) groups excluding carboxylic acids is 1. The van der Waals surface area contributed by atoms with Gasteiger partial charge >= 0.3 is 5.97 Å². The smallest absolute Gasteiger partial charge is 0.309 e. The van der Waals surface area contributed by atoms with Gasteiger partial charge in [-0.1, -0.05) is 23.7 Å². The lowest BCUT2D eigenvalue weighted by Gasteiger charge is -2.51. The Morgan fingerprint density at radius 2 is 1.82 bits per heavy atom. The first-order chi connectivity index (χ1) is 20.6. The van der Waals surface area contributed by atoms with E-state index in [2.05, 4.69) is 20.6 Å². The van der Waals surface area contributed by atoms with E-state index < -0.39 is 12.7 Å². The number of para-hydroxylation sites is 1. The summed E-state index contributed by atoms with van der Waals surface area (Å²) in [6.45, 7) is 10.4. The van der Waals surface area contributed by atoms with Crippen molar-refractivity contribution < 1.29 is 19.0 Å². The summed E-state index contributed by atoms with van der Waals surface area (Å²) >= 11 is 6.37. The second kappa shape index (κ2) is 12.0. The van der Waals surface area contributed by atoms with Crippen molar-refractivity contribution in [2.45, 2.75) is 52.1 Å². The molecule has 11 nitrogen and oxygen atoms in total. The summed E-state index contributed by atoms with van der Waals surface area (Å²) in [7, 11) is -2.58. The standard InChI is InChI=1S/C31H38ClN6O5P/c1-30(2,3)43-28(39)20-17-31(18-20)12-14-37(15-13-31)24-11-10-21(16-25(24)38(40)41)34-29-33-19-22(32)27(36-29)35-23-8-6-7-9-26(23)44(4,5)42/h6-11,16,19-20H,12-15,17-18H2,1-5H3,(H2,33,34,35,36). The Morgan fingerprint density at radius 1 is 1.14 bits per heavy atom. The Bertz CT molecular complexity index is 1620. The number of nitrogens with zero attached hydrogens (tertiary/aromatic N) is 4. The van der Waals surface area contributed by atoms with E-state index in [0.29, 0.717) is 41.3 Å². The quantitative estimate of drug-likeness (QED) is 0.113. The third-order valence-corrected chi connectivity index (χ3v) is 10.0. The minimum atomic E-state index is -2.58. The van der Waals surface area contributed by atoms with Crippen molar-refractivity contribution in [1.29, 1.82) is 0 Å². The van der Waals surface area contributed by atoms with Crippen LogP contribution in [0.15, 0.2) is 48.7 Å². The molecule has 1 aliphatic carbocycles. The third-order valence-electron chi connectivity index (χ3n) is 8.17. The first kappa shape index (κ1) is 31.7. The van der Waals surface area contributed by atoms with Crippen LogP contribution in [-0.2, 0) is 14.1 Å². The lowest BCUT2D eigenvalue weighted by molar-refractivity contribution is -0.384. The van der Waals surface area contributed by atoms with Crippen LogP contribution in [-0.4, -0.2) is 52.9 Å². The predicted molar refractivity (Wildman–Crippen MR) is 175 cm³/mol. The number of esters is 1. The Labute approximate surface area is 262 Å². The highest BCUT2D eigenvalue weighted by atomic mass is 35.5. The molecule has 3 aromatic rings. The third kappa shape index (κ3) is 7.16. The highest BCUT2D eigenvalue weighted by Gasteiger charge is 2.50. The van der Waals surface area contributed by atoms with Gasteiger partial charge in [-0.05, 0) is 89.5 Å². The molecule has 2 fully saturated rings. The van der Waals surface area contributed by atoms with E-state index >= 15 is 0 Å².